The Morgan fingerprint density at radius 1 is 1.07 bits per heavy atom. The SMILES string of the molecule is COc1cc2c(c(OC)c1OC)CCCN1CC[C@@]34O[C@@H]3C[C@H](OC)C[C@]214. The molecule has 1 saturated carbocycles. The molecule has 6 heteroatoms. The van der Waals surface area contributed by atoms with Gasteiger partial charge >= 0.3 is 0 Å². The van der Waals surface area contributed by atoms with E-state index in [1.165, 1.54) is 11.1 Å². The number of hydrogen-bond acceptors (Lipinski definition) is 6. The van der Waals surface area contributed by atoms with E-state index in [4.69, 9.17) is 23.7 Å². The fourth-order valence-electron chi connectivity index (χ4n) is 6.23. The van der Waals surface area contributed by atoms with Gasteiger partial charge in [-0.2, -0.15) is 0 Å². The maximum atomic E-state index is 6.46. The van der Waals surface area contributed by atoms with Crippen molar-refractivity contribution in [3.05, 3.63) is 17.2 Å². The van der Waals surface area contributed by atoms with Crippen LogP contribution in [0.25, 0.3) is 0 Å². The first kappa shape index (κ1) is 17.6. The van der Waals surface area contributed by atoms with Gasteiger partial charge in [0.05, 0.1) is 39.1 Å². The van der Waals surface area contributed by atoms with Gasteiger partial charge in [0, 0.05) is 25.6 Å². The van der Waals surface area contributed by atoms with Gasteiger partial charge in [0.15, 0.2) is 11.5 Å². The Bertz CT molecular complexity index is 767. The largest absolute Gasteiger partial charge is 0.493 e. The predicted molar refractivity (Wildman–Crippen MR) is 99.9 cm³/mol. The molecule has 1 aromatic rings. The average Bonchev–Trinajstić information content (AvgIpc) is 3.37. The molecule has 3 heterocycles. The highest BCUT2D eigenvalue weighted by Gasteiger charge is 2.77. The van der Waals surface area contributed by atoms with Crippen LogP contribution in [0.4, 0.5) is 0 Å². The first-order valence-corrected chi connectivity index (χ1v) is 9.93. The zero-order chi connectivity index (χ0) is 18.8. The second kappa shape index (κ2) is 6.00. The number of methoxy groups -OCH3 is 4. The molecule has 3 fully saturated rings. The van der Waals surface area contributed by atoms with Crippen LogP contribution >= 0.6 is 0 Å². The van der Waals surface area contributed by atoms with Crippen LogP contribution in [0.5, 0.6) is 17.2 Å². The Labute approximate surface area is 160 Å². The van der Waals surface area contributed by atoms with Crippen molar-refractivity contribution in [2.24, 2.45) is 0 Å². The minimum Gasteiger partial charge on any atom is -0.493 e. The van der Waals surface area contributed by atoms with E-state index in [1.54, 1.807) is 21.3 Å². The summed E-state index contributed by atoms with van der Waals surface area (Å²) in [7, 11) is 6.91. The van der Waals surface area contributed by atoms with E-state index in [0.717, 1.165) is 56.7 Å². The van der Waals surface area contributed by atoms with Crippen LogP contribution in [0, 0.1) is 0 Å². The van der Waals surface area contributed by atoms with Crippen molar-refractivity contribution in [3.8, 4) is 17.2 Å². The van der Waals surface area contributed by atoms with Gasteiger partial charge in [-0.3, -0.25) is 4.90 Å². The zero-order valence-electron chi connectivity index (χ0n) is 16.7. The molecule has 0 amide bonds. The lowest BCUT2D eigenvalue weighted by molar-refractivity contribution is -0.0120. The van der Waals surface area contributed by atoms with E-state index < -0.39 is 0 Å². The Kier molecular flexibility index (Phi) is 3.91. The molecule has 6 nitrogen and oxygen atoms in total. The van der Waals surface area contributed by atoms with Crippen LogP contribution in [0.15, 0.2) is 6.07 Å². The highest BCUT2D eigenvalue weighted by molar-refractivity contribution is 5.62. The molecule has 1 aliphatic carbocycles. The van der Waals surface area contributed by atoms with E-state index in [0.29, 0.717) is 5.75 Å². The molecule has 0 radical (unpaired) electrons. The molecule has 27 heavy (non-hydrogen) atoms. The molecule has 1 aromatic carbocycles. The Morgan fingerprint density at radius 2 is 1.89 bits per heavy atom. The molecule has 148 valence electrons. The highest BCUT2D eigenvalue weighted by atomic mass is 16.6. The number of hydrogen-bond donors (Lipinski definition) is 0. The van der Waals surface area contributed by atoms with Gasteiger partial charge in [-0.1, -0.05) is 0 Å². The summed E-state index contributed by atoms with van der Waals surface area (Å²) >= 11 is 0. The zero-order valence-corrected chi connectivity index (χ0v) is 16.7. The number of ether oxygens (including phenoxy) is 5. The maximum absolute atomic E-state index is 6.46. The molecule has 5 rings (SSSR count). The average molecular weight is 375 g/mol. The summed E-state index contributed by atoms with van der Waals surface area (Å²) in [5.74, 6) is 2.22. The Balaban J connectivity index is 1.78. The van der Waals surface area contributed by atoms with Crippen LogP contribution in [0.1, 0.15) is 36.8 Å². The molecule has 2 saturated heterocycles. The topological polar surface area (TPSA) is 52.7 Å². The van der Waals surface area contributed by atoms with Crippen molar-refractivity contribution < 1.29 is 23.7 Å². The summed E-state index contributed by atoms with van der Waals surface area (Å²) in [6, 6.07) is 2.18. The summed E-state index contributed by atoms with van der Waals surface area (Å²) in [5, 5.41) is 0. The van der Waals surface area contributed by atoms with Crippen molar-refractivity contribution in [1.82, 2.24) is 4.90 Å². The fraction of sp³-hybridized carbons (Fsp3) is 0.714. The Morgan fingerprint density at radius 3 is 2.59 bits per heavy atom. The van der Waals surface area contributed by atoms with Gasteiger partial charge in [0.1, 0.15) is 5.60 Å². The van der Waals surface area contributed by atoms with E-state index in [1.807, 2.05) is 7.11 Å². The molecule has 3 aliphatic heterocycles. The molecule has 0 N–H and O–H groups in total. The van der Waals surface area contributed by atoms with Crippen LogP contribution in [0.3, 0.4) is 0 Å². The summed E-state index contributed by atoms with van der Waals surface area (Å²) in [6.45, 7) is 2.14. The molecule has 2 spiro atoms. The van der Waals surface area contributed by atoms with Crippen molar-refractivity contribution >= 4 is 0 Å². The van der Waals surface area contributed by atoms with Gasteiger partial charge < -0.3 is 23.7 Å². The number of fused-ring (bicyclic) bond motifs is 1. The summed E-state index contributed by atoms with van der Waals surface area (Å²) in [4.78, 5) is 2.65. The lowest BCUT2D eigenvalue weighted by atomic mass is 9.67. The van der Waals surface area contributed by atoms with E-state index in [9.17, 15) is 0 Å². The van der Waals surface area contributed by atoms with Crippen molar-refractivity contribution in [2.75, 3.05) is 41.5 Å². The first-order chi connectivity index (χ1) is 13.1. The molecule has 0 aromatic heterocycles. The molecular formula is C21H29NO5. The minimum atomic E-state index is -0.171. The summed E-state index contributed by atoms with van der Waals surface area (Å²) in [5.41, 5.74) is 2.27. The van der Waals surface area contributed by atoms with Gasteiger partial charge in [-0.15, -0.1) is 0 Å². The minimum absolute atomic E-state index is 0.0915. The molecule has 4 atom stereocenters. The Hall–Kier alpha value is -1.50. The van der Waals surface area contributed by atoms with Gasteiger partial charge in [0.25, 0.3) is 0 Å². The molecule has 0 unspecified atom stereocenters. The lowest BCUT2D eigenvalue weighted by Crippen LogP contribution is -2.55. The predicted octanol–water partition coefficient (Wildman–Crippen LogP) is 2.51. The third-order valence-electron chi connectivity index (χ3n) is 7.38. The van der Waals surface area contributed by atoms with Crippen LogP contribution in [-0.4, -0.2) is 64.2 Å². The molecular weight excluding hydrogens is 346 g/mol. The molecule has 4 aliphatic rings. The highest BCUT2D eigenvalue weighted by Crippen LogP contribution is 2.68. The van der Waals surface area contributed by atoms with Crippen LogP contribution < -0.4 is 14.2 Å². The van der Waals surface area contributed by atoms with Gasteiger partial charge in [-0.05, 0) is 43.9 Å². The van der Waals surface area contributed by atoms with Crippen LogP contribution in [-0.2, 0) is 21.4 Å². The monoisotopic (exact) mass is 375 g/mol. The van der Waals surface area contributed by atoms with Crippen molar-refractivity contribution in [2.45, 2.75) is 55.5 Å². The van der Waals surface area contributed by atoms with Gasteiger partial charge in [-0.25, -0.2) is 0 Å². The number of epoxide rings is 1. The van der Waals surface area contributed by atoms with Crippen LogP contribution in [0.2, 0.25) is 0 Å². The standard InChI is InChI=1S/C21H29NO5/c1-23-13-10-17-21(27-17)7-9-22-8-5-6-14-15(20(21,22)12-13)11-16(24-2)19(26-4)18(14)25-3/h11,13,17H,5-10,12H2,1-4H3/t13-,17+,20+,21+/m0/s1. The summed E-state index contributed by atoms with van der Waals surface area (Å²) in [6.07, 6.45) is 5.58. The lowest BCUT2D eigenvalue weighted by Gasteiger charge is -2.46. The maximum Gasteiger partial charge on any atom is 0.203 e. The second-order valence-corrected chi connectivity index (χ2v) is 8.17. The number of rotatable bonds is 4. The van der Waals surface area contributed by atoms with Crippen molar-refractivity contribution in [3.63, 3.8) is 0 Å². The van der Waals surface area contributed by atoms with E-state index in [2.05, 4.69) is 11.0 Å². The smallest absolute Gasteiger partial charge is 0.203 e. The normalized spacial score (nSPS) is 36.7. The fourth-order valence-corrected chi connectivity index (χ4v) is 6.23. The van der Waals surface area contributed by atoms with E-state index in [-0.39, 0.29) is 23.3 Å². The molecule has 0 bridgehead atoms. The van der Waals surface area contributed by atoms with Crippen molar-refractivity contribution in [1.29, 1.82) is 0 Å². The first-order valence-electron chi connectivity index (χ1n) is 9.93. The number of benzene rings is 1. The third kappa shape index (κ3) is 2.07. The van der Waals surface area contributed by atoms with Gasteiger partial charge in [0.2, 0.25) is 5.75 Å². The van der Waals surface area contributed by atoms with E-state index >= 15 is 0 Å². The second-order valence-electron chi connectivity index (χ2n) is 8.17. The third-order valence-corrected chi connectivity index (χ3v) is 7.38. The number of nitrogens with zero attached hydrogens (tertiary/aromatic N) is 1. The quantitative estimate of drug-likeness (QED) is 0.754. The summed E-state index contributed by atoms with van der Waals surface area (Å²) < 4.78 is 29.6.